The smallest absolute Gasteiger partial charge is 0.254 e. The summed E-state index contributed by atoms with van der Waals surface area (Å²) in [5.41, 5.74) is 0.269. The highest BCUT2D eigenvalue weighted by Gasteiger charge is 2.26. The van der Waals surface area contributed by atoms with Gasteiger partial charge in [0.1, 0.15) is 0 Å². The molecule has 1 aromatic rings. The number of amides is 1. The van der Waals surface area contributed by atoms with Crippen molar-refractivity contribution in [3.05, 3.63) is 34.2 Å². The summed E-state index contributed by atoms with van der Waals surface area (Å²) in [5, 5.41) is 0. The molecule has 1 saturated heterocycles. The van der Waals surface area contributed by atoms with E-state index in [4.69, 9.17) is 0 Å². The maximum atomic E-state index is 12.1. The van der Waals surface area contributed by atoms with Crippen LogP contribution in [0, 0.1) is 5.92 Å². The van der Waals surface area contributed by atoms with E-state index in [1.54, 1.807) is 6.07 Å². The highest BCUT2D eigenvalue weighted by Crippen LogP contribution is 2.22. The molecule has 0 aromatic carbocycles. The molecule has 92 valence electrons. The molecule has 0 aliphatic carbocycles. The minimum absolute atomic E-state index is 0.0188. The predicted molar refractivity (Wildman–Crippen MR) is 66.0 cm³/mol. The van der Waals surface area contributed by atoms with Crippen LogP contribution in [-0.2, 0) is 0 Å². The van der Waals surface area contributed by atoms with Crippen LogP contribution in [0.1, 0.15) is 36.5 Å². The van der Waals surface area contributed by atoms with Crippen LogP contribution in [0.2, 0.25) is 0 Å². The Morgan fingerprint density at radius 2 is 2.41 bits per heavy atom. The third-order valence-electron chi connectivity index (χ3n) is 3.29. The molecule has 2 rings (SSSR count). The van der Waals surface area contributed by atoms with Crippen LogP contribution in [0.25, 0.3) is 0 Å². The molecule has 1 aliphatic rings. The predicted octanol–water partition coefficient (Wildman–Crippen LogP) is 1.64. The van der Waals surface area contributed by atoms with E-state index < -0.39 is 0 Å². The van der Waals surface area contributed by atoms with Gasteiger partial charge in [0.15, 0.2) is 0 Å². The quantitative estimate of drug-likeness (QED) is 0.864. The van der Waals surface area contributed by atoms with Crippen molar-refractivity contribution in [1.82, 2.24) is 9.88 Å². The van der Waals surface area contributed by atoms with Gasteiger partial charge in [0.2, 0.25) is 5.56 Å². The molecule has 0 spiro atoms. The standard InChI is InChI=1S/C13H18N2O2/c1-2-3-10-5-7-15(9-10)13(17)11-4-6-14-12(16)8-11/h4,6,8,10H,2-3,5,7,9H2,1H3,(H,14,16). The monoisotopic (exact) mass is 234 g/mol. The van der Waals surface area contributed by atoms with E-state index in [0.29, 0.717) is 11.5 Å². The molecule has 1 fully saturated rings. The normalized spacial score (nSPS) is 19.6. The fraction of sp³-hybridized carbons (Fsp3) is 0.538. The minimum atomic E-state index is -0.222. The Hall–Kier alpha value is -1.58. The van der Waals surface area contributed by atoms with Crippen molar-refractivity contribution in [2.24, 2.45) is 5.92 Å². The van der Waals surface area contributed by atoms with Crippen molar-refractivity contribution >= 4 is 5.91 Å². The number of carbonyl (C=O) groups excluding carboxylic acids is 1. The van der Waals surface area contributed by atoms with Crippen molar-refractivity contribution in [2.45, 2.75) is 26.2 Å². The van der Waals surface area contributed by atoms with E-state index in [9.17, 15) is 9.59 Å². The maximum Gasteiger partial charge on any atom is 0.254 e. The summed E-state index contributed by atoms with van der Waals surface area (Å²) in [5.74, 6) is 0.612. The van der Waals surface area contributed by atoms with Crippen LogP contribution in [0.15, 0.2) is 23.1 Å². The summed E-state index contributed by atoms with van der Waals surface area (Å²) in [6.45, 7) is 3.82. The number of nitrogens with zero attached hydrogens (tertiary/aromatic N) is 1. The van der Waals surface area contributed by atoms with Crippen molar-refractivity contribution < 1.29 is 4.79 Å². The molecular formula is C13H18N2O2. The highest BCUT2D eigenvalue weighted by molar-refractivity contribution is 5.94. The molecule has 1 N–H and O–H groups in total. The number of carbonyl (C=O) groups is 1. The molecule has 1 aliphatic heterocycles. The Morgan fingerprint density at radius 3 is 3.12 bits per heavy atom. The van der Waals surface area contributed by atoms with Crippen molar-refractivity contribution in [3.8, 4) is 0 Å². The summed E-state index contributed by atoms with van der Waals surface area (Å²) in [6.07, 6.45) is 4.95. The lowest BCUT2D eigenvalue weighted by Crippen LogP contribution is -2.29. The zero-order chi connectivity index (χ0) is 12.3. The summed E-state index contributed by atoms with van der Waals surface area (Å²) >= 11 is 0. The second kappa shape index (κ2) is 5.17. The average molecular weight is 234 g/mol. The third-order valence-corrected chi connectivity index (χ3v) is 3.29. The first kappa shape index (κ1) is 11.9. The Kier molecular flexibility index (Phi) is 3.61. The first-order valence-corrected chi connectivity index (χ1v) is 6.18. The second-order valence-corrected chi connectivity index (χ2v) is 4.64. The van der Waals surface area contributed by atoms with Crippen LogP contribution >= 0.6 is 0 Å². The molecule has 1 aromatic heterocycles. The minimum Gasteiger partial charge on any atom is -0.338 e. The van der Waals surface area contributed by atoms with Gasteiger partial charge in [-0.1, -0.05) is 13.3 Å². The number of hydrogen-bond acceptors (Lipinski definition) is 2. The van der Waals surface area contributed by atoms with E-state index in [0.717, 1.165) is 25.9 Å². The lowest BCUT2D eigenvalue weighted by Gasteiger charge is -2.16. The van der Waals surface area contributed by atoms with Gasteiger partial charge in [-0.05, 0) is 24.8 Å². The number of nitrogens with one attached hydrogen (secondary N) is 1. The SMILES string of the molecule is CCCC1CCN(C(=O)c2cc[nH]c(=O)c2)C1. The third kappa shape index (κ3) is 2.75. The highest BCUT2D eigenvalue weighted by atomic mass is 16.2. The number of pyridine rings is 1. The van der Waals surface area contributed by atoms with Gasteiger partial charge in [-0.25, -0.2) is 0 Å². The first-order chi connectivity index (χ1) is 8.20. The van der Waals surface area contributed by atoms with Crippen LogP contribution in [0.4, 0.5) is 0 Å². The van der Waals surface area contributed by atoms with Crippen LogP contribution in [0.3, 0.4) is 0 Å². The molecule has 1 atom stereocenters. The van der Waals surface area contributed by atoms with Gasteiger partial charge in [-0.2, -0.15) is 0 Å². The van der Waals surface area contributed by atoms with Crippen LogP contribution in [-0.4, -0.2) is 28.9 Å². The molecule has 1 unspecified atom stereocenters. The summed E-state index contributed by atoms with van der Waals surface area (Å²) in [7, 11) is 0. The fourth-order valence-electron chi connectivity index (χ4n) is 2.42. The molecular weight excluding hydrogens is 216 g/mol. The van der Waals surface area contributed by atoms with Crippen LogP contribution < -0.4 is 5.56 Å². The Bertz CT molecular complexity index is 453. The number of rotatable bonds is 3. The van der Waals surface area contributed by atoms with E-state index in [1.165, 1.54) is 18.7 Å². The number of likely N-dealkylation sites (tertiary alicyclic amines) is 1. The van der Waals surface area contributed by atoms with Gasteiger partial charge >= 0.3 is 0 Å². The largest absolute Gasteiger partial charge is 0.338 e. The van der Waals surface area contributed by atoms with E-state index >= 15 is 0 Å². The van der Waals surface area contributed by atoms with Gasteiger partial charge in [0, 0.05) is 30.9 Å². The average Bonchev–Trinajstić information content (AvgIpc) is 2.77. The van der Waals surface area contributed by atoms with Crippen molar-refractivity contribution in [2.75, 3.05) is 13.1 Å². The number of H-pyrrole nitrogens is 1. The van der Waals surface area contributed by atoms with Gasteiger partial charge in [0.25, 0.3) is 5.91 Å². The summed E-state index contributed by atoms with van der Waals surface area (Å²) < 4.78 is 0. The molecule has 4 nitrogen and oxygen atoms in total. The topological polar surface area (TPSA) is 53.2 Å². The van der Waals surface area contributed by atoms with E-state index in [1.807, 2.05) is 4.90 Å². The number of hydrogen-bond donors (Lipinski definition) is 1. The number of aromatic nitrogens is 1. The van der Waals surface area contributed by atoms with Gasteiger partial charge in [-0.3, -0.25) is 9.59 Å². The van der Waals surface area contributed by atoms with Crippen molar-refractivity contribution in [1.29, 1.82) is 0 Å². The van der Waals surface area contributed by atoms with E-state index in [2.05, 4.69) is 11.9 Å². The number of aromatic amines is 1. The summed E-state index contributed by atoms with van der Waals surface area (Å²) in [4.78, 5) is 27.6. The van der Waals surface area contributed by atoms with Gasteiger partial charge in [0.05, 0.1) is 0 Å². The molecule has 17 heavy (non-hydrogen) atoms. The lowest BCUT2D eigenvalue weighted by molar-refractivity contribution is 0.0786. The lowest BCUT2D eigenvalue weighted by atomic mass is 10.0. The zero-order valence-corrected chi connectivity index (χ0v) is 10.1. The Balaban J connectivity index is 2.04. The fourth-order valence-corrected chi connectivity index (χ4v) is 2.42. The Labute approximate surface area is 101 Å². The molecule has 2 heterocycles. The summed E-state index contributed by atoms with van der Waals surface area (Å²) in [6, 6.07) is 3.03. The zero-order valence-electron chi connectivity index (χ0n) is 10.1. The molecule has 0 saturated carbocycles. The van der Waals surface area contributed by atoms with Gasteiger partial charge < -0.3 is 9.88 Å². The molecule has 0 bridgehead atoms. The second-order valence-electron chi connectivity index (χ2n) is 4.64. The van der Waals surface area contributed by atoms with Crippen LogP contribution in [0.5, 0.6) is 0 Å². The first-order valence-electron chi connectivity index (χ1n) is 6.18. The Morgan fingerprint density at radius 1 is 1.59 bits per heavy atom. The molecule has 4 heteroatoms. The van der Waals surface area contributed by atoms with Gasteiger partial charge in [-0.15, -0.1) is 0 Å². The maximum absolute atomic E-state index is 12.1. The molecule has 0 radical (unpaired) electrons. The molecule has 1 amide bonds. The van der Waals surface area contributed by atoms with E-state index in [-0.39, 0.29) is 11.5 Å². The van der Waals surface area contributed by atoms with Crippen molar-refractivity contribution in [3.63, 3.8) is 0 Å².